The molecule has 0 unspecified atom stereocenters. The maximum atomic E-state index is 12.6. The highest BCUT2D eigenvalue weighted by molar-refractivity contribution is 6.04. The van der Waals surface area contributed by atoms with Crippen LogP contribution in [-0.4, -0.2) is 52.3 Å². The van der Waals surface area contributed by atoms with E-state index < -0.39 is 12.5 Å². The Balaban J connectivity index is 1.32. The lowest BCUT2D eigenvalue weighted by Gasteiger charge is -2.28. The number of fused-ring (bicyclic) bond motifs is 1. The Hall–Kier alpha value is -3.85. The number of anilines is 1. The molecule has 0 radical (unpaired) electrons. The molecule has 0 spiro atoms. The summed E-state index contributed by atoms with van der Waals surface area (Å²) in [5.41, 5.74) is 2.39. The first-order valence-electron chi connectivity index (χ1n) is 11.4. The Bertz CT molecular complexity index is 1330. The number of carbonyl (C=O) groups is 1. The quantitative estimate of drug-likeness (QED) is 0.412. The van der Waals surface area contributed by atoms with Crippen LogP contribution in [0.4, 0.5) is 14.6 Å². The second kappa shape index (κ2) is 9.79. The third kappa shape index (κ3) is 5.30. The van der Waals surface area contributed by atoms with Gasteiger partial charge in [-0.05, 0) is 80.3 Å². The van der Waals surface area contributed by atoms with E-state index in [2.05, 4.69) is 49.0 Å². The number of carbonyl (C=O) groups excluding carboxylic acids is 1. The molecule has 1 amide bonds. The van der Waals surface area contributed by atoms with Crippen molar-refractivity contribution in [2.24, 2.45) is 0 Å². The molecule has 2 aromatic heterocycles. The molecule has 1 aliphatic rings. The van der Waals surface area contributed by atoms with E-state index in [1.165, 1.54) is 24.3 Å². The van der Waals surface area contributed by atoms with Crippen molar-refractivity contribution in [3.05, 3.63) is 72.7 Å². The lowest BCUT2D eigenvalue weighted by atomic mass is 10.0. The number of nitrogens with one attached hydrogen (secondary N) is 1. The third-order valence-electron chi connectivity index (χ3n) is 6.30. The van der Waals surface area contributed by atoms with Gasteiger partial charge in [0.1, 0.15) is 11.6 Å². The minimum absolute atomic E-state index is 0.00736. The average Bonchev–Trinajstić information content (AvgIpc) is 3.34. The fourth-order valence-electron chi connectivity index (χ4n) is 4.31. The second-order valence-corrected chi connectivity index (χ2v) is 8.73. The molecule has 7 nitrogen and oxygen atoms in total. The topological polar surface area (TPSA) is 72.3 Å². The zero-order valence-electron chi connectivity index (χ0n) is 19.2. The smallest absolute Gasteiger partial charge is 0.387 e. The van der Waals surface area contributed by atoms with Crippen molar-refractivity contribution in [3.63, 3.8) is 0 Å². The number of nitrogens with zero attached hydrogens (tertiary/aromatic N) is 4. The van der Waals surface area contributed by atoms with Crippen molar-refractivity contribution >= 4 is 22.5 Å². The van der Waals surface area contributed by atoms with Crippen LogP contribution in [0.3, 0.4) is 0 Å². The van der Waals surface area contributed by atoms with E-state index in [-0.39, 0.29) is 5.75 Å². The van der Waals surface area contributed by atoms with Gasteiger partial charge in [-0.3, -0.25) is 9.48 Å². The van der Waals surface area contributed by atoms with Gasteiger partial charge in [0, 0.05) is 28.9 Å². The fraction of sp³-hybridized carbons (Fsp3) is 0.269. The summed E-state index contributed by atoms with van der Waals surface area (Å²) in [5, 5.41) is 9.25. The van der Waals surface area contributed by atoms with E-state index in [9.17, 15) is 13.6 Å². The molecule has 9 heteroatoms. The first-order chi connectivity index (χ1) is 16.9. The predicted molar refractivity (Wildman–Crippen MR) is 130 cm³/mol. The van der Waals surface area contributed by atoms with Crippen molar-refractivity contribution in [3.8, 4) is 16.9 Å². The van der Waals surface area contributed by atoms with E-state index in [0.717, 1.165) is 47.8 Å². The predicted octanol–water partition coefficient (Wildman–Crippen LogP) is 5.22. The molecule has 1 aliphatic heterocycles. The summed E-state index contributed by atoms with van der Waals surface area (Å²) < 4.78 is 31.0. The molecule has 0 aliphatic carbocycles. The van der Waals surface area contributed by atoms with Crippen LogP contribution in [0.2, 0.25) is 0 Å². The Labute approximate surface area is 201 Å². The summed E-state index contributed by atoms with van der Waals surface area (Å²) in [6.07, 6.45) is 7.88. The average molecular weight is 478 g/mol. The minimum Gasteiger partial charge on any atom is -0.435 e. The van der Waals surface area contributed by atoms with E-state index in [4.69, 9.17) is 0 Å². The van der Waals surface area contributed by atoms with Crippen LogP contribution in [0, 0.1) is 0 Å². The van der Waals surface area contributed by atoms with Gasteiger partial charge in [0.2, 0.25) is 0 Å². The highest BCUT2D eigenvalue weighted by atomic mass is 19.3. The molecule has 1 fully saturated rings. The molecule has 0 atom stereocenters. The number of halogens is 2. The zero-order valence-corrected chi connectivity index (χ0v) is 19.2. The Morgan fingerprint density at radius 2 is 1.80 bits per heavy atom. The van der Waals surface area contributed by atoms with Gasteiger partial charge in [0.25, 0.3) is 5.91 Å². The molecule has 4 aromatic rings. The number of amides is 1. The SMILES string of the molecule is CN1CCC(n2cc(-c3ccc4cnc(NC(=O)c5ccc(OC(F)F)cc5)cc4c3)cn2)CC1. The van der Waals surface area contributed by atoms with Crippen molar-refractivity contribution in [1.82, 2.24) is 19.7 Å². The first-order valence-corrected chi connectivity index (χ1v) is 11.4. The maximum Gasteiger partial charge on any atom is 0.387 e. The zero-order chi connectivity index (χ0) is 24.4. The van der Waals surface area contributed by atoms with Crippen LogP contribution >= 0.6 is 0 Å². The molecule has 5 rings (SSSR count). The van der Waals surface area contributed by atoms with E-state index >= 15 is 0 Å². The van der Waals surface area contributed by atoms with Crippen LogP contribution < -0.4 is 10.1 Å². The summed E-state index contributed by atoms with van der Waals surface area (Å²) in [4.78, 5) is 19.3. The van der Waals surface area contributed by atoms with E-state index in [1.54, 1.807) is 6.20 Å². The molecule has 35 heavy (non-hydrogen) atoms. The number of ether oxygens (including phenoxy) is 1. The van der Waals surface area contributed by atoms with Gasteiger partial charge >= 0.3 is 6.61 Å². The van der Waals surface area contributed by atoms with E-state index in [1.807, 2.05) is 24.4 Å². The minimum atomic E-state index is -2.91. The lowest BCUT2D eigenvalue weighted by Crippen LogP contribution is -2.31. The van der Waals surface area contributed by atoms with Crippen LogP contribution in [0.1, 0.15) is 29.2 Å². The first kappa shape index (κ1) is 22.9. The lowest BCUT2D eigenvalue weighted by molar-refractivity contribution is -0.0498. The molecule has 2 aromatic carbocycles. The van der Waals surface area contributed by atoms with Crippen LogP contribution in [-0.2, 0) is 0 Å². The normalized spacial score (nSPS) is 15.0. The summed E-state index contributed by atoms with van der Waals surface area (Å²) in [6, 6.07) is 13.8. The van der Waals surface area contributed by atoms with Crippen molar-refractivity contribution < 1.29 is 18.3 Å². The standard InChI is InChI=1S/C26H25F2N5O2/c1-32-10-8-22(9-11-32)33-16-21(15-30-33)18-2-3-19-14-29-24(13-20(19)12-18)31-25(34)17-4-6-23(7-5-17)35-26(27)28/h2-7,12-16,22,26H,8-11H2,1H3,(H,29,31,34). The van der Waals surface area contributed by atoms with Gasteiger partial charge < -0.3 is 15.0 Å². The van der Waals surface area contributed by atoms with E-state index in [0.29, 0.717) is 17.4 Å². The fourth-order valence-corrected chi connectivity index (χ4v) is 4.31. The summed E-state index contributed by atoms with van der Waals surface area (Å²) >= 11 is 0. The van der Waals surface area contributed by atoms with Crippen molar-refractivity contribution in [2.75, 3.05) is 25.5 Å². The van der Waals surface area contributed by atoms with Crippen LogP contribution in [0.15, 0.2) is 67.1 Å². The number of benzene rings is 2. The molecule has 3 heterocycles. The summed E-state index contributed by atoms with van der Waals surface area (Å²) in [5.74, 6) is -0.00219. The number of hydrogen-bond acceptors (Lipinski definition) is 5. The van der Waals surface area contributed by atoms with Crippen molar-refractivity contribution in [1.29, 1.82) is 0 Å². The molecular weight excluding hydrogens is 452 g/mol. The molecule has 1 saturated heterocycles. The molecule has 180 valence electrons. The summed E-state index contributed by atoms with van der Waals surface area (Å²) in [6.45, 7) is -0.763. The number of piperidine rings is 1. The van der Waals surface area contributed by atoms with Gasteiger partial charge in [0.15, 0.2) is 0 Å². The third-order valence-corrected chi connectivity index (χ3v) is 6.30. The largest absolute Gasteiger partial charge is 0.435 e. The number of aromatic nitrogens is 3. The number of rotatable bonds is 6. The second-order valence-electron chi connectivity index (χ2n) is 8.73. The molecule has 0 bridgehead atoms. The Morgan fingerprint density at radius 3 is 2.54 bits per heavy atom. The number of hydrogen-bond donors (Lipinski definition) is 1. The number of alkyl halides is 2. The van der Waals surface area contributed by atoms with Gasteiger partial charge in [-0.25, -0.2) is 4.98 Å². The Kier molecular flexibility index (Phi) is 6.41. The Morgan fingerprint density at radius 1 is 1.03 bits per heavy atom. The molecule has 0 saturated carbocycles. The van der Waals surface area contributed by atoms with Crippen LogP contribution in [0.5, 0.6) is 5.75 Å². The highest BCUT2D eigenvalue weighted by Crippen LogP contribution is 2.28. The maximum absolute atomic E-state index is 12.6. The molecule has 1 N–H and O–H groups in total. The van der Waals surface area contributed by atoms with Gasteiger partial charge in [-0.15, -0.1) is 0 Å². The van der Waals surface area contributed by atoms with Gasteiger partial charge in [-0.1, -0.05) is 12.1 Å². The number of likely N-dealkylation sites (tertiary alicyclic amines) is 1. The van der Waals surface area contributed by atoms with Crippen molar-refractivity contribution in [2.45, 2.75) is 25.5 Å². The highest BCUT2D eigenvalue weighted by Gasteiger charge is 2.19. The molecular formula is C26H25F2N5O2. The number of pyridine rings is 1. The van der Waals surface area contributed by atoms with Gasteiger partial charge in [-0.2, -0.15) is 13.9 Å². The van der Waals surface area contributed by atoms with Crippen LogP contribution in [0.25, 0.3) is 21.9 Å². The monoisotopic (exact) mass is 477 g/mol. The van der Waals surface area contributed by atoms with Gasteiger partial charge in [0.05, 0.1) is 12.2 Å². The summed E-state index contributed by atoms with van der Waals surface area (Å²) in [7, 11) is 2.15.